The molecule has 1 amide bonds. The molecule has 8 unspecified atom stereocenters. The Hall–Kier alpha value is -1.22. The van der Waals surface area contributed by atoms with Gasteiger partial charge in [0, 0.05) is 0 Å². The number of amides is 1. The van der Waals surface area contributed by atoms with Crippen LogP contribution in [0.2, 0.25) is 0 Å². The average molecular weight is 878 g/mol. The van der Waals surface area contributed by atoms with Gasteiger partial charge in [-0.3, -0.25) is 13.8 Å². The maximum absolute atomic E-state index is 13.0. The Morgan fingerprint density at radius 1 is 0.600 bits per heavy atom. The zero-order valence-electron chi connectivity index (χ0n) is 37.4. The van der Waals surface area contributed by atoms with Crippen molar-refractivity contribution < 1.29 is 59.0 Å². The molecule has 9 N–H and O–H groups in total. The maximum Gasteiger partial charge on any atom is 0.472 e. The first kappa shape index (κ1) is 56.8. The van der Waals surface area contributed by atoms with Gasteiger partial charge in [-0.2, -0.15) is 0 Å². The summed E-state index contributed by atoms with van der Waals surface area (Å²) in [4.78, 5) is 23.4. The van der Waals surface area contributed by atoms with E-state index in [-0.39, 0.29) is 12.8 Å². The summed E-state index contributed by atoms with van der Waals surface area (Å²) < 4.78 is 22.9. The quantitative estimate of drug-likeness (QED) is 0.0163. The lowest BCUT2D eigenvalue weighted by Crippen LogP contribution is -2.64. The van der Waals surface area contributed by atoms with Crippen LogP contribution >= 0.6 is 7.82 Å². The number of phosphoric acid groups is 1. The van der Waals surface area contributed by atoms with Crippen LogP contribution in [0.5, 0.6) is 0 Å². The number of aliphatic hydroxyl groups excluding tert-OH is 7. The highest BCUT2D eigenvalue weighted by Crippen LogP contribution is 2.47. The number of carbonyl (C=O) groups excluding carboxylic acids is 1. The van der Waals surface area contributed by atoms with Crippen LogP contribution in [-0.2, 0) is 18.4 Å². The fraction of sp³-hybridized carbons (Fsp3) is 0.891. The lowest BCUT2D eigenvalue weighted by Gasteiger charge is -2.41. The van der Waals surface area contributed by atoms with Crippen molar-refractivity contribution in [3.8, 4) is 0 Å². The van der Waals surface area contributed by atoms with E-state index in [9.17, 15) is 50.0 Å². The van der Waals surface area contributed by atoms with E-state index >= 15 is 0 Å². The molecule has 0 spiro atoms. The summed E-state index contributed by atoms with van der Waals surface area (Å²) in [6.45, 7) is 3.67. The first-order valence-electron chi connectivity index (χ1n) is 23.9. The molecule has 60 heavy (non-hydrogen) atoms. The summed E-state index contributed by atoms with van der Waals surface area (Å²) in [6, 6.07) is -1.15. The highest BCUT2D eigenvalue weighted by atomic mass is 31.2. The van der Waals surface area contributed by atoms with Crippen molar-refractivity contribution in [2.45, 2.75) is 255 Å². The Labute approximate surface area is 363 Å². The summed E-state index contributed by atoms with van der Waals surface area (Å²) in [5.74, 6) is -0.562. The van der Waals surface area contributed by atoms with Crippen LogP contribution in [-0.4, -0.2) is 108 Å². The van der Waals surface area contributed by atoms with E-state index < -0.39 is 75.2 Å². The summed E-state index contributed by atoms with van der Waals surface area (Å²) in [6.07, 6.45) is 25.2. The van der Waals surface area contributed by atoms with E-state index in [1.807, 2.05) is 0 Å². The minimum Gasteiger partial charge on any atom is -0.393 e. The molecule has 0 aliphatic heterocycles. The Kier molecular flexibility index (Phi) is 34.2. The molecule has 1 fully saturated rings. The molecule has 1 aliphatic rings. The molecule has 1 rings (SSSR count). The van der Waals surface area contributed by atoms with Crippen LogP contribution in [0.3, 0.4) is 0 Å². The van der Waals surface area contributed by atoms with Crippen LogP contribution in [0, 0.1) is 0 Å². The SMILES string of the molecule is CC/C=C\C/C=C\CCCCCCCCCCCCCCC(O)CC(=O)NC(COP(=O)(O)OC1C(O)C(O)C(O)C(O)C1O)C(O)CCCCCCCCCCCCC. The van der Waals surface area contributed by atoms with Gasteiger partial charge in [0.2, 0.25) is 5.91 Å². The third kappa shape index (κ3) is 27.8. The Balaban J connectivity index is 2.44. The fourth-order valence-corrected chi connectivity index (χ4v) is 8.66. The minimum atomic E-state index is -5.11. The van der Waals surface area contributed by atoms with Crippen molar-refractivity contribution in [2.24, 2.45) is 0 Å². The van der Waals surface area contributed by atoms with Gasteiger partial charge in [0.15, 0.2) is 0 Å². The minimum absolute atomic E-state index is 0.221. The van der Waals surface area contributed by atoms with Gasteiger partial charge in [0.25, 0.3) is 0 Å². The van der Waals surface area contributed by atoms with Gasteiger partial charge in [0.05, 0.1) is 31.3 Å². The number of rotatable bonds is 39. The average Bonchev–Trinajstić information content (AvgIpc) is 3.22. The summed E-state index contributed by atoms with van der Waals surface area (Å²) in [7, 11) is -5.11. The monoisotopic (exact) mass is 878 g/mol. The van der Waals surface area contributed by atoms with Crippen LogP contribution in [0.1, 0.15) is 200 Å². The zero-order valence-corrected chi connectivity index (χ0v) is 38.3. The molecule has 0 aromatic rings. The molecule has 1 saturated carbocycles. The van der Waals surface area contributed by atoms with Crippen molar-refractivity contribution in [1.82, 2.24) is 5.32 Å². The first-order chi connectivity index (χ1) is 28.8. The second-order valence-electron chi connectivity index (χ2n) is 17.1. The zero-order chi connectivity index (χ0) is 44.4. The number of aliphatic hydroxyl groups is 7. The van der Waals surface area contributed by atoms with E-state index in [0.717, 1.165) is 64.2 Å². The number of nitrogens with one attached hydrogen (secondary N) is 1. The molecule has 354 valence electrons. The Morgan fingerprint density at radius 2 is 1.03 bits per heavy atom. The van der Waals surface area contributed by atoms with Gasteiger partial charge in [-0.15, -0.1) is 0 Å². The van der Waals surface area contributed by atoms with Crippen molar-refractivity contribution in [2.75, 3.05) is 6.61 Å². The highest BCUT2D eigenvalue weighted by Gasteiger charge is 2.51. The molecular weight excluding hydrogens is 789 g/mol. The van der Waals surface area contributed by atoms with Crippen molar-refractivity contribution in [3.63, 3.8) is 0 Å². The van der Waals surface area contributed by atoms with E-state index in [4.69, 9.17) is 9.05 Å². The normalized spacial score (nSPS) is 23.6. The first-order valence-corrected chi connectivity index (χ1v) is 25.4. The number of phosphoric ester groups is 1. The molecule has 1 aliphatic carbocycles. The van der Waals surface area contributed by atoms with Crippen LogP contribution in [0.15, 0.2) is 24.3 Å². The van der Waals surface area contributed by atoms with Crippen LogP contribution < -0.4 is 5.32 Å². The van der Waals surface area contributed by atoms with Gasteiger partial charge in [-0.1, -0.05) is 179 Å². The number of hydrogen-bond donors (Lipinski definition) is 9. The standard InChI is InChI=1S/C46H88NO12P/c1-3-5-7-9-11-13-15-16-17-18-19-20-21-22-24-25-27-29-31-33-37(48)35-40(50)47-38(39(49)34-32-30-28-26-23-14-12-10-8-6-4-2)36-58-60(56,57)59-46-44(54)42(52)41(51)43(53)45(46)55/h5,7,11,13,37-39,41-46,48-49,51-55H,3-4,6,8-10,12,14-36H2,1-2H3,(H,47,50)(H,56,57)/b7-5-,13-11-. The van der Waals surface area contributed by atoms with Crippen LogP contribution in [0.25, 0.3) is 0 Å². The van der Waals surface area contributed by atoms with Gasteiger partial charge in [-0.25, -0.2) is 4.57 Å². The predicted octanol–water partition coefficient (Wildman–Crippen LogP) is 7.98. The number of unbranched alkanes of at least 4 members (excludes halogenated alkanes) is 22. The molecule has 0 saturated heterocycles. The molecule has 8 atom stereocenters. The molecule has 0 aromatic heterocycles. The number of allylic oxidation sites excluding steroid dienone is 4. The molecule has 14 heteroatoms. The Bertz CT molecular complexity index is 1130. The van der Waals surface area contributed by atoms with Gasteiger partial charge in [-0.05, 0) is 38.5 Å². The molecular formula is C46H88NO12P. The van der Waals surface area contributed by atoms with E-state index in [2.05, 4.69) is 43.5 Å². The van der Waals surface area contributed by atoms with Crippen molar-refractivity contribution >= 4 is 13.7 Å². The smallest absolute Gasteiger partial charge is 0.393 e. The largest absolute Gasteiger partial charge is 0.472 e. The van der Waals surface area contributed by atoms with E-state index in [1.165, 1.54) is 96.3 Å². The number of hydrogen-bond acceptors (Lipinski definition) is 11. The maximum atomic E-state index is 13.0. The van der Waals surface area contributed by atoms with Crippen molar-refractivity contribution in [3.05, 3.63) is 24.3 Å². The molecule has 0 radical (unpaired) electrons. The van der Waals surface area contributed by atoms with Gasteiger partial charge in [0.1, 0.15) is 36.6 Å². The third-order valence-corrected chi connectivity index (χ3v) is 12.6. The summed E-state index contributed by atoms with van der Waals surface area (Å²) in [5, 5.41) is 74.6. The predicted molar refractivity (Wildman–Crippen MR) is 238 cm³/mol. The van der Waals surface area contributed by atoms with Gasteiger partial charge < -0.3 is 46.0 Å². The van der Waals surface area contributed by atoms with E-state index in [0.29, 0.717) is 12.8 Å². The third-order valence-electron chi connectivity index (χ3n) is 11.6. The highest BCUT2D eigenvalue weighted by molar-refractivity contribution is 7.47. The van der Waals surface area contributed by atoms with Crippen molar-refractivity contribution in [1.29, 1.82) is 0 Å². The topological polar surface area (TPSA) is 226 Å². The molecule has 0 heterocycles. The lowest BCUT2D eigenvalue weighted by molar-refractivity contribution is -0.220. The van der Waals surface area contributed by atoms with Crippen LogP contribution in [0.4, 0.5) is 0 Å². The lowest BCUT2D eigenvalue weighted by atomic mass is 9.85. The fourth-order valence-electron chi connectivity index (χ4n) is 7.70. The Morgan fingerprint density at radius 3 is 1.53 bits per heavy atom. The molecule has 0 bridgehead atoms. The van der Waals surface area contributed by atoms with E-state index in [1.54, 1.807) is 0 Å². The molecule has 0 aromatic carbocycles. The second kappa shape index (κ2) is 36.2. The summed E-state index contributed by atoms with van der Waals surface area (Å²) in [5.41, 5.74) is 0. The number of carbonyl (C=O) groups is 1. The second-order valence-corrected chi connectivity index (χ2v) is 18.5. The summed E-state index contributed by atoms with van der Waals surface area (Å²) >= 11 is 0. The molecule has 13 nitrogen and oxygen atoms in total. The van der Waals surface area contributed by atoms with Gasteiger partial charge >= 0.3 is 7.82 Å².